The van der Waals surface area contributed by atoms with Crippen LogP contribution in [-0.4, -0.2) is 65.0 Å². The number of likely N-dealkylation sites (tertiary alicyclic amines) is 2. The molecule has 2 amide bonds. The molecule has 3 heterocycles. The Bertz CT molecular complexity index is 1090. The molecule has 1 aromatic carbocycles. The molecule has 1 atom stereocenters. The Morgan fingerprint density at radius 2 is 1.88 bits per heavy atom. The highest BCUT2D eigenvalue weighted by atomic mass is 32.1. The van der Waals surface area contributed by atoms with E-state index >= 15 is 0 Å². The van der Waals surface area contributed by atoms with Crippen molar-refractivity contribution in [2.45, 2.75) is 38.8 Å². The molecule has 0 radical (unpaired) electrons. The SMILES string of the molecule is CCOC(=O)N1CCC(N2C(=O)C(=O)/C(=C(\O)c3cccc(OCC)c3)C2c2cccs2)CC1. The minimum absolute atomic E-state index is 0.0777. The van der Waals surface area contributed by atoms with Gasteiger partial charge < -0.3 is 24.4 Å². The number of hydrogen-bond acceptors (Lipinski definition) is 7. The van der Waals surface area contributed by atoms with E-state index in [1.165, 1.54) is 11.3 Å². The summed E-state index contributed by atoms with van der Waals surface area (Å²) in [6.07, 6.45) is 0.674. The van der Waals surface area contributed by atoms with Crippen LogP contribution in [-0.2, 0) is 14.3 Å². The van der Waals surface area contributed by atoms with Crippen LogP contribution in [0.1, 0.15) is 43.2 Å². The summed E-state index contributed by atoms with van der Waals surface area (Å²) in [5, 5.41) is 13.1. The van der Waals surface area contributed by atoms with Crippen LogP contribution in [0, 0.1) is 0 Å². The number of ketones is 1. The van der Waals surface area contributed by atoms with Crippen molar-refractivity contribution in [1.82, 2.24) is 9.80 Å². The Balaban J connectivity index is 1.69. The summed E-state index contributed by atoms with van der Waals surface area (Å²) in [4.78, 5) is 42.6. The van der Waals surface area contributed by atoms with Crippen molar-refractivity contribution < 1.29 is 29.0 Å². The van der Waals surface area contributed by atoms with Gasteiger partial charge in [0.05, 0.1) is 24.8 Å². The molecule has 8 nitrogen and oxygen atoms in total. The zero-order valence-corrected chi connectivity index (χ0v) is 20.0. The van der Waals surface area contributed by atoms with Gasteiger partial charge in [-0.1, -0.05) is 18.2 Å². The van der Waals surface area contributed by atoms with Crippen LogP contribution in [0.25, 0.3) is 5.76 Å². The van der Waals surface area contributed by atoms with Crippen LogP contribution in [0.5, 0.6) is 5.75 Å². The second kappa shape index (κ2) is 10.3. The number of Topliss-reactive ketones (excluding diaryl/α,β-unsaturated/α-hetero) is 1. The van der Waals surface area contributed by atoms with E-state index in [1.54, 1.807) is 41.0 Å². The molecule has 0 spiro atoms. The zero-order chi connectivity index (χ0) is 24.2. The molecule has 0 saturated carbocycles. The molecule has 0 bridgehead atoms. The molecule has 2 aromatic rings. The maximum Gasteiger partial charge on any atom is 0.409 e. The summed E-state index contributed by atoms with van der Waals surface area (Å²) in [7, 11) is 0. The van der Waals surface area contributed by atoms with Crippen molar-refractivity contribution in [1.29, 1.82) is 0 Å². The Morgan fingerprint density at radius 1 is 1.12 bits per heavy atom. The highest BCUT2D eigenvalue weighted by Crippen LogP contribution is 2.43. The molecule has 1 N–H and O–H groups in total. The average molecular weight is 485 g/mol. The van der Waals surface area contributed by atoms with Gasteiger partial charge in [0.25, 0.3) is 11.7 Å². The van der Waals surface area contributed by atoms with Gasteiger partial charge in [0, 0.05) is 29.6 Å². The quantitative estimate of drug-likeness (QED) is 0.375. The smallest absolute Gasteiger partial charge is 0.409 e. The van der Waals surface area contributed by atoms with Gasteiger partial charge in [-0.25, -0.2) is 4.79 Å². The first kappa shape index (κ1) is 23.8. The van der Waals surface area contributed by atoms with E-state index in [9.17, 15) is 19.5 Å². The fourth-order valence-electron chi connectivity index (χ4n) is 4.55. The topological polar surface area (TPSA) is 96.4 Å². The normalized spacial score (nSPS) is 20.6. The fourth-order valence-corrected chi connectivity index (χ4v) is 5.38. The lowest BCUT2D eigenvalue weighted by molar-refractivity contribution is -0.142. The Labute approximate surface area is 202 Å². The predicted octanol–water partition coefficient (Wildman–Crippen LogP) is 4.19. The van der Waals surface area contributed by atoms with Crippen LogP contribution in [0.4, 0.5) is 4.79 Å². The number of thiophene rings is 1. The Hall–Kier alpha value is -3.33. The monoisotopic (exact) mass is 484 g/mol. The number of rotatable bonds is 6. The number of carbonyl (C=O) groups excluding carboxylic acids is 3. The Morgan fingerprint density at radius 3 is 2.53 bits per heavy atom. The first-order chi connectivity index (χ1) is 16.5. The van der Waals surface area contributed by atoms with Crippen molar-refractivity contribution >= 4 is 34.9 Å². The van der Waals surface area contributed by atoms with Crippen LogP contribution in [0.15, 0.2) is 47.4 Å². The summed E-state index contributed by atoms with van der Waals surface area (Å²) in [6.45, 7) is 5.25. The average Bonchev–Trinajstić information content (AvgIpc) is 3.46. The number of carbonyl (C=O) groups is 3. The molecule has 2 aliphatic rings. The van der Waals surface area contributed by atoms with E-state index in [0.717, 1.165) is 4.88 Å². The largest absolute Gasteiger partial charge is 0.507 e. The number of benzene rings is 1. The van der Waals surface area contributed by atoms with Gasteiger partial charge in [-0.2, -0.15) is 0 Å². The van der Waals surface area contributed by atoms with Crippen LogP contribution in [0.3, 0.4) is 0 Å². The Kier molecular flexibility index (Phi) is 7.21. The van der Waals surface area contributed by atoms with E-state index in [-0.39, 0.29) is 23.5 Å². The van der Waals surface area contributed by atoms with Gasteiger partial charge in [-0.15, -0.1) is 11.3 Å². The lowest BCUT2D eigenvalue weighted by Crippen LogP contribution is -2.48. The molecule has 1 aromatic heterocycles. The highest BCUT2D eigenvalue weighted by molar-refractivity contribution is 7.10. The third-order valence-corrected chi connectivity index (χ3v) is 7.02. The minimum atomic E-state index is -0.703. The lowest BCUT2D eigenvalue weighted by atomic mass is 9.97. The standard InChI is InChI=1S/C25H28N2O6S/c1-3-32-18-8-5-7-16(15-18)22(28)20-21(19-9-6-14-34-19)27(24(30)23(20)29)17-10-12-26(13-11-17)25(31)33-4-2/h5-9,14-15,17,21,28H,3-4,10-13H2,1-2H3/b22-20-. The summed E-state index contributed by atoms with van der Waals surface area (Å²) in [6, 6.07) is 9.66. The third-order valence-electron chi connectivity index (χ3n) is 6.10. The van der Waals surface area contributed by atoms with Crippen molar-refractivity contribution in [2.75, 3.05) is 26.3 Å². The maximum atomic E-state index is 13.2. The van der Waals surface area contributed by atoms with Crippen LogP contribution >= 0.6 is 11.3 Å². The first-order valence-electron chi connectivity index (χ1n) is 11.4. The molecular weight excluding hydrogens is 456 g/mol. The van der Waals surface area contributed by atoms with Gasteiger partial charge in [0.1, 0.15) is 11.5 Å². The molecule has 4 rings (SSSR count). The predicted molar refractivity (Wildman–Crippen MR) is 128 cm³/mol. The highest BCUT2D eigenvalue weighted by Gasteiger charge is 2.49. The van der Waals surface area contributed by atoms with Crippen molar-refractivity contribution in [3.05, 3.63) is 57.8 Å². The zero-order valence-electron chi connectivity index (χ0n) is 19.2. The third kappa shape index (κ3) is 4.52. The number of piperidine rings is 1. The first-order valence-corrected chi connectivity index (χ1v) is 12.3. The van der Waals surface area contributed by atoms with Crippen LogP contribution < -0.4 is 4.74 Å². The molecule has 0 aliphatic carbocycles. The molecule has 9 heteroatoms. The van der Waals surface area contributed by atoms with E-state index in [1.807, 2.05) is 24.4 Å². The molecular formula is C25H28N2O6S. The number of aliphatic hydroxyl groups is 1. The van der Waals surface area contributed by atoms with E-state index < -0.39 is 17.7 Å². The summed E-state index contributed by atoms with van der Waals surface area (Å²) < 4.78 is 10.6. The van der Waals surface area contributed by atoms with Gasteiger partial charge in [0.2, 0.25) is 0 Å². The molecule has 34 heavy (non-hydrogen) atoms. The van der Waals surface area contributed by atoms with Gasteiger partial charge in [-0.05, 0) is 50.3 Å². The molecule has 2 saturated heterocycles. The molecule has 2 aliphatic heterocycles. The number of hydrogen-bond donors (Lipinski definition) is 1. The number of nitrogens with zero attached hydrogens (tertiary/aromatic N) is 2. The fraction of sp³-hybridized carbons (Fsp3) is 0.400. The summed E-state index contributed by atoms with van der Waals surface area (Å²) in [5.41, 5.74) is 0.497. The summed E-state index contributed by atoms with van der Waals surface area (Å²) in [5.74, 6) is -0.981. The minimum Gasteiger partial charge on any atom is -0.507 e. The maximum absolute atomic E-state index is 13.2. The summed E-state index contributed by atoms with van der Waals surface area (Å²) >= 11 is 1.43. The second-order valence-electron chi connectivity index (χ2n) is 8.10. The number of aliphatic hydroxyl groups excluding tert-OH is 1. The van der Waals surface area contributed by atoms with Crippen molar-refractivity contribution in [3.8, 4) is 5.75 Å². The molecule has 1 unspecified atom stereocenters. The van der Waals surface area contributed by atoms with E-state index in [0.29, 0.717) is 50.5 Å². The molecule has 2 fully saturated rings. The van der Waals surface area contributed by atoms with E-state index in [4.69, 9.17) is 9.47 Å². The van der Waals surface area contributed by atoms with Crippen LogP contribution in [0.2, 0.25) is 0 Å². The number of amides is 2. The van der Waals surface area contributed by atoms with E-state index in [2.05, 4.69) is 0 Å². The van der Waals surface area contributed by atoms with Gasteiger partial charge in [0.15, 0.2) is 0 Å². The van der Waals surface area contributed by atoms with Crippen molar-refractivity contribution in [3.63, 3.8) is 0 Å². The second-order valence-corrected chi connectivity index (χ2v) is 9.08. The van der Waals surface area contributed by atoms with Gasteiger partial charge in [-0.3, -0.25) is 9.59 Å². The number of ether oxygens (including phenoxy) is 2. The van der Waals surface area contributed by atoms with Crippen molar-refractivity contribution in [2.24, 2.45) is 0 Å². The van der Waals surface area contributed by atoms with Gasteiger partial charge >= 0.3 is 6.09 Å². The molecule has 180 valence electrons. The lowest BCUT2D eigenvalue weighted by Gasteiger charge is -2.38.